The van der Waals surface area contributed by atoms with Crippen molar-refractivity contribution in [1.82, 2.24) is 24.1 Å². The number of piperazine rings is 1. The van der Waals surface area contributed by atoms with Gasteiger partial charge in [0.25, 0.3) is 10.7 Å². The van der Waals surface area contributed by atoms with Gasteiger partial charge in [-0.25, -0.2) is 9.07 Å². The van der Waals surface area contributed by atoms with Crippen molar-refractivity contribution in [2.24, 2.45) is 0 Å². The number of anilines is 1. The molecule has 0 bridgehead atoms. The standard InChI is InChI=1S/C21H27FN6O2S/c1-5-26-12-15(20-23-28(13-24(2)3)21(31)30-20)19(29)14-10-16(22)18(11-17(14)26)27-8-6-25(4)7-9-27/h10-12H,5-9,13H2,1-4H3. The van der Waals surface area contributed by atoms with Gasteiger partial charge in [0.2, 0.25) is 5.43 Å². The summed E-state index contributed by atoms with van der Waals surface area (Å²) in [6.45, 7) is 6.26. The van der Waals surface area contributed by atoms with E-state index in [-0.39, 0.29) is 21.7 Å². The summed E-state index contributed by atoms with van der Waals surface area (Å²) in [6.07, 6.45) is 1.72. The molecular weight excluding hydrogens is 419 g/mol. The van der Waals surface area contributed by atoms with Gasteiger partial charge >= 0.3 is 0 Å². The van der Waals surface area contributed by atoms with Crippen LogP contribution >= 0.6 is 12.2 Å². The van der Waals surface area contributed by atoms with Crippen LogP contribution in [0.15, 0.2) is 27.5 Å². The first kappa shape index (κ1) is 21.7. The van der Waals surface area contributed by atoms with E-state index in [1.165, 1.54) is 10.7 Å². The quantitative estimate of drug-likeness (QED) is 0.559. The van der Waals surface area contributed by atoms with Crippen molar-refractivity contribution in [3.8, 4) is 11.5 Å². The van der Waals surface area contributed by atoms with Gasteiger partial charge < -0.3 is 18.8 Å². The number of pyridine rings is 1. The van der Waals surface area contributed by atoms with E-state index >= 15 is 4.39 Å². The average molecular weight is 447 g/mol. The van der Waals surface area contributed by atoms with Crippen molar-refractivity contribution in [3.05, 3.63) is 39.2 Å². The summed E-state index contributed by atoms with van der Waals surface area (Å²) in [5, 5.41) is 4.67. The Bertz CT molecular complexity index is 1220. The summed E-state index contributed by atoms with van der Waals surface area (Å²) >= 11 is 5.24. The first-order valence-electron chi connectivity index (χ1n) is 10.3. The topological polar surface area (TPSA) is 62.7 Å². The van der Waals surface area contributed by atoms with E-state index in [1.54, 1.807) is 12.3 Å². The van der Waals surface area contributed by atoms with E-state index in [1.807, 2.05) is 35.4 Å². The summed E-state index contributed by atoms with van der Waals surface area (Å²) in [4.78, 5) is 19.6. The monoisotopic (exact) mass is 446 g/mol. The fourth-order valence-corrected chi connectivity index (χ4v) is 4.05. The van der Waals surface area contributed by atoms with Crippen LogP contribution in [-0.2, 0) is 13.2 Å². The Hall–Kier alpha value is -2.56. The van der Waals surface area contributed by atoms with Gasteiger partial charge in [-0.05, 0) is 52.4 Å². The number of nitrogens with zero attached hydrogens (tertiary/aromatic N) is 6. The smallest absolute Gasteiger partial charge is 0.288 e. The van der Waals surface area contributed by atoms with Crippen molar-refractivity contribution in [3.63, 3.8) is 0 Å². The molecule has 0 radical (unpaired) electrons. The summed E-state index contributed by atoms with van der Waals surface area (Å²) < 4.78 is 24.1. The van der Waals surface area contributed by atoms with Gasteiger partial charge in [-0.2, -0.15) is 0 Å². The van der Waals surface area contributed by atoms with Crippen molar-refractivity contribution in [2.45, 2.75) is 20.1 Å². The fraction of sp³-hybridized carbons (Fsp3) is 0.476. The second-order valence-electron chi connectivity index (χ2n) is 8.16. The highest BCUT2D eigenvalue weighted by atomic mass is 32.1. The molecule has 0 unspecified atom stereocenters. The Morgan fingerprint density at radius 1 is 1.23 bits per heavy atom. The zero-order valence-corrected chi connectivity index (χ0v) is 19.1. The largest absolute Gasteiger partial charge is 0.409 e. The number of aromatic nitrogens is 3. The van der Waals surface area contributed by atoms with Crippen LogP contribution in [0.3, 0.4) is 0 Å². The molecular formula is C21H27FN6O2S. The number of hydrogen-bond donors (Lipinski definition) is 0. The molecule has 1 saturated heterocycles. The predicted molar refractivity (Wildman–Crippen MR) is 122 cm³/mol. The summed E-state index contributed by atoms with van der Waals surface area (Å²) in [6, 6.07) is 3.12. The predicted octanol–water partition coefficient (Wildman–Crippen LogP) is 2.62. The minimum atomic E-state index is -0.395. The Morgan fingerprint density at radius 2 is 1.94 bits per heavy atom. The van der Waals surface area contributed by atoms with Crippen LogP contribution in [0.25, 0.3) is 22.4 Å². The molecule has 1 aromatic carbocycles. The van der Waals surface area contributed by atoms with E-state index in [0.717, 1.165) is 26.2 Å². The molecule has 3 aromatic rings. The van der Waals surface area contributed by atoms with E-state index in [2.05, 4.69) is 17.0 Å². The van der Waals surface area contributed by atoms with E-state index in [4.69, 9.17) is 16.6 Å². The van der Waals surface area contributed by atoms with Crippen molar-refractivity contribution >= 4 is 28.8 Å². The van der Waals surface area contributed by atoms with Gasteiger partial charge in [0.1, 0.15) is 11.4 Å². The number of hydrogen-bond acceptors (Lipinski definition) is 7. The maximum atomic E-state index is 15.1. The van der Waals surface area contributed by atoms with Gasteiger partial charge in [0.15, 0.2) is 0 Å². The van der Waals surface area contributed by atoms with Crippen LogP contribution in [0.4, 0.5) is 10.1 Å². The van der Waals surface area contributed by atoms with Gasteiger partial charge in [-0.1, -0.05) is 0 Å². The number of fused-ring (bicyclic) bond motifs is 1. The molecule has 0 N–H and O–H groups in total. The molecule has 10 heteroatoms. The van der Waals surface area contributed by atoms with E-state index in [9.17, 15) is 4.79 Å². The normalized spacial score (nSPS) is 15.4. The highest BCUT2D eigenvalue weighted by Crippen LogP contribution is 2.27. The highest BCUT2D eigenvalue weighted by Gasteiger charge is 2.22. The minimum Gasteiger partial charge on any atom is -0.409 e. The summed E-state index contributed by atoms with van der Waals surface area (Å²) in [7, 11) is 5.83. The SMILES string of the molecule is CCn1cc(-c2nn(CN(C)C)c(=S)o2)c(=O)c2cc(F)c(N3CCN(C)CC3)cc21. The van der Waals surface area contributed by atoms with Crippen molar-refractivity contribution in [1.29, 1.82) is 0 Å². The Kier molecular flexibility index (Phi) is 5.96. The molecule has 1 fully saturated rings. The van der Waals surface area contributed by atoms with Gasteiger partial charge in [-0.15, -0.1) is 5.10 Å². The first-order valence-corrected chi connectivity index (χ1v) is 10.7. The van der Waals surface area contributed by atoms with Crippen molar-refractivity contribution < 1.29 is 8.81 Å². The molecule has 0 atom stereocenters. The van der Waals surface area contributed by atoms with Crippen LogP contribution in [0.1, 0.15) is 6.92 Å². The molecule has 8 nitrogen and oxygen atoms in total. The molecule has 3 heterocycles. The number of aryl methyl sites for hydroxylation is 1. The molecule has 1 aliphatic rings. The van der Waals surface area contributed by atoms with Gasteiger partial charge in [0.05, 0.1) is 17.9 Å². The van der Waals surface area contributed by atoms with E-state index < -0.39 is 5.82 Å². The molecule has 0 saturated carbocycles. The zero-order valence-electron chi connectivity index (χ0n) is 18.3. The third-order valence-electron chi connectivity index (χ3n) is 5.59. The number of rotatable bonds is 5. The van der Waals surface area contributed by atoms with E-state index in [0.29, 0.717) is 29.8 Å². The Labute approximate surface area is 185 Å². The number of likely N-dealkylation sites (N-methyl/N-ethyl adjacent to an activating group) is 1. The minimum absolute atomic E-state index is 0.143. The van der Waals surface area contributed by atoms with Crippen LogP contribution in [0, 0.1) is 10.7 Å². The lowest BCUT2D eigenvalue weighted by molar-refractivity contribution is 0.298. The number of halogens is 1. The van der Waals surface area contributed by atoms with Crippen LogP contribution < -0.4 is 10.3 Å². The molecule has 31 heavy (non-hydrogen) atoms. The zero-order chi connectivity index (χ0) is 22.3. The second-order valence-corrected chi connectivity index (χ2v) is 8.51. The van der Waals surface area contributed by atoms with Crippen LogP contribution in [-0.4, -0.2) is 71.5 Å². The second kappa shape index (κ2) is 8.52. The lowest BCUT2D eigenvalue weighted by atomic mass is 10.1. The fourth-order valence-electron chi connectivity index (χ4n) is 3.88. The molecule has 0 amide bonds. The third kappa shape index (κ3) is 4.15. The summed E-state index contributed by atoms with van der Waals surface area (Å²) in [5.74, 6) is -0.252. The Balaban J connectivity index is 1.84. The molecule has 4 rings (SSSR count). The van der Waals surface area contributed by atoms with Crippen molar-refractivity contribution in [2.75, 3.05) is 52.2 Å². The maximum Gasteiger partial charge on any atom is 0.288 e. The lowest BCUT2D eigenvalue weighted by Gasteiger charge is -2.34. The highest BCUT2D eigenvalue weighted by molar-refractivity contribution is 7.71. The van der Waals surface area contributed by atoms with Crippen LogP contribution in [0.2, 0.25) is 0 Å². The third-order valence-corrected chi connectivity index (χ3v) is 5.88. The number of benzene rings is 1. The molecule has 2 aromatic heterocycles. The molecule has 166 valence electrons. The first-order chi connectivity index (χ1) is 14.8. The molecule has 1 aliphatic heterocycles. The maximum absolute atomic E-state index is 15.1. The molecule has 0 aliphatic carbocycles. The van der Waals surface area contributed by atoms with Gasteiger partial charge in [0, 0.05) is 44.3 Å². The average Bonchev–Trinajstić information content (AvgIpc) is 3.08. The Morgan fingerprint density at radius 3 is 2.58 bits per heavy atom. The molecule has 0 spiro atoms. The summed E-state index contributed by atoms with van der Waals surface area (Å²) in [5.41, 5.74) is 1.17. The lowest BCUT2D eigenvalue weighted by Crippen LogP contribution is -2.44. The van der Waals surface area contributed by atoms with Gasteiger partial charge in [-0.3, -0.25) is 9.69 Å². The van der Waals surface area contributed by atoms with Crippen LogP contribution in [0.5, 0.6) is 0 Å².